The van der Waals surface area contributed by atoms with Crippen molar-refractivity contribution in [3.63, 3.8) is 0 Å². The molecule has 0 spiro atoms. The van der Waals surface area contributed by atoms with Gasteiger partial charge in [0.15, 0.2) is 0 Å². The Bertz CT molecular complexity index is 1380. The fraction of sp³-hybridized carbons (Fsp3) is 0.321. The Morgan fingerprint density at radius 3 is 1.49 bits per heavy atom. The number of rotatable bonds is 10. The summed E-state index contributed by atoms with van der Waals surface area (Å²) in [5.74, 6) is -3.67. The van der Waals surface area contributed by atoms with E-state index in [0.717, 1.165) is 48.5 Å². The molecule has 0 bridgehead atoms. The summed E-state index contributed by atoms with van der Waals surface area (Å²) in [5.41, 5.74) is -7.55. The molecule has 0 aliphatic rings. The highest BCUT2D eigenvalue weighted by Crippen LogP contribution is 2.45. The second-order valence-corrected chi connectivity index (χ2v) is 9.71. The fourth-order valence-electron chi connectivity index (χ4n) is 4.47. The van der Waals surface area contributed by atoms with E-state index in [1.807, 2.05) is 5.32 Å². The first-order valence-corrected chi connectivity index (χ1v) is 12.4. The van der Waals surface area contributed by atoms with Crippen LogP contribution in [0, 0.1) is 0 Å². The maximum absolute atomic E-state index is 13.3. The molecule has 0 atom stereocenters. The van der Waals surface area contributed by atoms with E-state index in [-0.39, 0.29) is 17.5 Å². The molecule has 3 aromatic carbocycles. The molecule has 246 valence electrons. The SMILES string of the molecule is O=C(CC(O)(C(F)(F)F)C(F)(F)F)NCC(Cc1ccccc1)(c1cccc(OC(F)(F)F)c1)c1cccc(OC(F)(F)F)c1. The van der Waals surface area contributed by atoms with Crippen LogP contribution >= 0.6 is 0 Å². The van der Waals surface area contributed by atoms with Crippen molar-refractivity contribution >= 4 is 5.91 Å². The van der Waals surface area contributed by atoms with Gasteiger partial charge in [-0.3, -0.25) is 4.79 Å². The number of halogens is 12. The van der Waals surface area contributed by atoms with Gasteiger partial charge in [0.1, 0.15) is 11.5 Å². The molecule has 0 unspecified atom stereocenters. The summed E-state index contributed by atoms with van der Waals surface area (Å²) in [7, 11) is 0. The van der Waals surface area contributed by atoms with Crippen LogP contribution in [0.1, 0.15) is 23.1 Å². The maximum Gasteiger partial charge on any atom is 0.573 e. The van der Waals surface area contributed by atoms with E-state index in [0.29, 0.717) is 5.56 Å². The summed E-state index contributed by atoms with van der Waals surface area (Å²) in [4.78, 5) is 12.6. The van der Waals surface area contributed by atoms with E-state index in [1.54, 1.807) is 6.07 Å². The van der Waals surface area contributed by atoms with Crippen molar-refractivity contribution in [1.82, 2.24) is 5.32 Å². The van der Waals surface area contributed by atoms with Crippen molar-refractivity contribution in [2.24, 2.45) is 0 Å². The number of ether oxygens (including phenoxy) is 2. The van der Waals surface area contributed by atoms with Crippen LogP contribution in [0.25, 0.3) is 0 Å². The third-order valence-corrected chi connectivity index (χ3v) is 6.53. The number of nitrogens with one attached hydrogen (secondary N) is 1. The van der Waals surface area contributed by atoms with Crippen LogP contribution in [-0.2, 0) is 16.6 Å². The van der Waals surface area contributed by atoms with Gasteiger partial charge in [0.2, 0.25) is 5.91 Å². The Balaban J connectivity index is 2.21. The monoisotopic (exact) mass is 663 g/mol. The van der Waals surface area contributed by atoms with Gasteiger partial charge in [0.05, 0.1) is 6.42 Å². The van der Waals surface area contributed by atoms with Gasteiger partial charge in [-0.25, -0.2) is 0 Å². The van der Waals surface area contributed by atoms with Crippen molar-refractivity contribution in [2.45, 2.75) is 48.9 Å². The highest BCUT2D eigenvalue weighted by Gasteiger charge is 2.71. The normalized spacial score (nSPS) is 13.4. The van der Waals surface area contributed by atoms with E-state index in [4.69, 9.17) is 0 Å². The third-order valence-electron chi connectivity index (χ3n) is 6.53. The van der Waals surface area contributed by atoms with Crippen LogP contribution in [0.2, 0.25) is 0 Å². The Labute approximate surface area is 246 Å². The molecule has 3 aromatic rings. The zero-order valence-corrected chi connectivity index (χ0v) is 22.3. The summed E-state index contributed by atoms with van der Waals surface area (Å²) in [6, 6.07) is 15.2. The lowest BCUT2D eigenvalue weighted by Crippen LogP contribution is -2.59. The predicted octanol–water partition coefficient (Wildman–Crippen LogP) is 7.37. The summed E-state index contributed by atoms with van der Waals surface area (Å²) in [5, 5.41) is 11.3. The molecule has 3 rings (SSSR count). The van der Waals surface area contributed by atoms with Crippen molar-refractivity contribution in [3.8, 4) is 11.5 Å². The first-order chi connectivity index (χ1) is 20.5. The maximum atomic E-state index is 13.3. The molecule has 1 amide bonds. The predicted molar refractivity (Wildman–Crippen MR) is 132 cm³/mol. The lowest BCUT2D eigenvalue weighted by atomic mass is 9.70. The minimum Gasteiger partial charge on any atom is -0.406 e. The van der Waals surface area contributed by atoms with Gasteiger partial charge >= 0.3 is 25.1 Å². The first kappa shape index (κ1) is 35.3. The quantitative estimate of drug-likeness (QED) is 0.223. The van der Waals surface area contributed by atoms with Crippen molar-refractivity contribution in [1.29, 1.82) is 0 Å². The Morgan fingerprint density at radius 2 is 1.09 bits per heavy atom. The van der Waals surface area contributed by atoms with E-state index in [2.05, 4.69) is 9.47 Å². The smallest absolute Gasteiger partial charge is 0.406 e. The van der Waals surface area contributed by atoms with Crippen LogP contribution in [0.15, 0.2) is 78.9 Å². The van der Waals surface area contributed by atoms with Gasteiger partial charge < -0.3 is 19.9 Å². The highest BCUT2D eigenvalue weighted by molar-refractivity contribution is 5.77. The number of alkyl halides is 12. The molecule has 0 heterocycles. The molecule has 0 radical (unpaired) electrons. The topological polar surface area (TPSA) is 67.8 Å². The minimum atomic E-state index is -6.35. The summed E-state index contributed by atoms with van der Waals surface area (Å²) < 4.78 is 166. The average molecular weight is 663 g/mol. The summed E-state index contributed by atoms with van der Waals surface area (Å²) in [6.45, 7) is -0.989. The number of benzene rings is 3. The molecular formula is C28H21F12NO4. The largest absolute Gasteiger partial charge is 0.573 e. The molecule has 0 saturated heterocycles. The lowest BCUT2D eigenvalue weighted by Gasteiger charge is -2.37. The van der Waals surface area contributed by atoms with Gasteiger partial charge in [-0.15, -0.1) is 26.3 Å². The number of hydrogen-bond donors (Lipinski definition) is 2. The molecule has 5 nitrogen and oxygen atoms in total. The minimum absolute atomic E-state index is 0.209. The van der Waals surface area contributed by atoms with Crippen LogP contribution in [0.5, 0.6) is 11.5 Å². The van der Waals surface area contributed by atoms with E-state index in [9.17, 15) is 62.6 Å². The van der Waals surface area contributed by atoms with Gasteiger partial charge in [-0.05, 0) is 47.4 Å². The van der Waals surface area contributed by atoms with Gasteiger partial charge in [-0.2, -0.15) is 26.3 Å². The molecule has 17 heteroatoms. The average Bonchev–Trinajstić information content (AvgIpc) is 2.89. The summed E-state index contributed by atoms with van der Waals surface area (Å²) >= 11 is 0. The van der Waals surface area contributed by atoms with Gasteiger partial charge in [0.25, 0.3) is 5.60 Å². The Morgan fingerprint density at radius 1 is 0.644 bits per heavy atom. The second kappa shape index (κ2) is 12.7. The third kappa shape index (κ3) is 8.95. The summed E-state index contributed by atoms with van der Waals surface area (Å²) in [6.07, 6.45) is -26.1. The van der Waals surface area contributed by atoms with E-state index < -0.39 is 66.5 Å². The molecule has 0 saturated carbocycles. The molecular weight excluding hydrogens is 642 g/mol. The number of amides is 1. The molecule has 45 heavy (non-hydrogen) atoms. The van der Waals surface area contributed by atoms with Crippen molar-refractivity contribution < 1.29 is 72.1 Å². The van der Waals surface area contributed by atoms with Crippen molar-refractivity contribution in [3.05, 3.63) is 95.6 Å². The van der Waals surface area contributed by atoms with Crippen LogP contribution in [0.3, 0.4) is 0 Å². The Hall–Kier alpha value is -4.15. The first-order valence-electron chi connectivity index (χ1n) is 12.4. The molecule has 0 aromatic heterocycles. The highest BCUT2D eigenvalue weighted by atomic mass is 19.4. The van der Waals surface area contributed by atoms with Crippen molar-refractivity contribution in [2.75, 3.05) is 6.54 Å². The van der Waals surface area contributed by atoms with Crippen LogP contribution in [-0.4, -0.2) is 48.2 Å². The number of hydrogen-bond acceptors (Lipinski definition) is 4. The number of aliphatic hydroxyl groups is 1. The van der Waals surface area contributed by atoms with Gasteiger partial charge in [0, 0.05) is 12.0 Å². The van der Waals surface area contributed by atoms with Crippen LogP contribution in [0.4, 0.5) is 52.7 Å². The molecule has 0 fully saturated rings. The second-order valence-electron chi connectivity index (χ2n) is 9.71. The Kier molecular flexibility index (Phi) is 9.96. The standard InChI is InChI=1S/C28H21F12NO4/c29-25(30,31)24(43,26(32,33)34)15-22(42)41-16-23(14-17-6-2-1-3-7-17,18-8-4-10-20(12-18)44-27(35,36)37)19-9-5-11-21(13-19)45-28(38,39)40/h1-13,43H,14-16H2,(H,41,42). The zero-order valence-electron chi connectivity index (χ0n) is 22.3. The molecule has 2 N–H and O–H groups in total. The molecule has 0 aliphatic heterocycles. The van der Waals surface area contributed by atoms with Gasteiger partial charge in [-0.1, -0.05) is 54.6 Å². The molecule has 0 aliphatic carbocycles. The lowest BCUT2D eigenvalue weighted by molar-refractivity contribution is -0.367. The van der Waals surface area contributed by atoms with E-state index in [1.165, 1.54) is 24.3 Å². The fourth-order valence-corrected chi connectivity index (χ4v) is 4.47. The van der Waals surface area contributed by atoms with Crippen LogP contribution < -0.4 is 14.8 Å². The number of carbonyl (C=O) groups is 1. The number of carbonyl (C=O) groups excluding carboxylic acids is 1. The zero-order chi connectivity index (χ0) is 33.9. The van der Waals surface area contributed by atoms with E-state index >= 15 is 0 Å².